The topological polar surface area (TPSA) is 84.9 Å². The fraction of sp³-hybridized carbons (Fsp3) is 0.308. The Morgan fingerprint density at radius 3 is 2.35 bits per heavy atom. The lowest BCUT2D eigenvalue weighted by Gasteiger charge is -2.13. The first-order valence-corrected chi connectivity index (χ1v) is 6.00. The van der Waals surface area contributed by atoms with Gasteiger partial charge in [0.15, 0.2) is 6.79 Å². The first-order valence-electron chi connectivity index (χ1n) is 6.00. The van der Waals surface area contributed by atoms with Crippen LogP contribution in [-0.2, 0) is 14.4 Å². The second-order valence-corrected chi connectivity index (χ2v) is 4.13. The molecule has 0 unspecified atom stereocenters. The molecule has 1 aromatic carbocycles. The average Bonchev–Trinajstić information content (AvgIpc) is 2.70. The molecule has 2 rings (SSSR count). The van der Waals surface area contributed by atoms with Gasteiger partial charge in [-0.1, -0.05) is 12.1 Å². The van der Waals surface area contributed by atoms with Gasteiger partial charge in [0, 0.05) is 20.1 Å². The average molecular weight is 278 g/mol. The van der Waals surface area contributed by atoms with Gasteiger partial charge in [0.2, 0.25) is 5.91 Å². The van der Waals surface area contributed by atoms with E-state index >= 15 is 0 Å². The van der Waals surface area contributed by atoms with E-state index in [0.717, 1.165) is 4.90 Å². The molecule has 106 valence electrons. The number of nitrogens with one attached hydrogen (secondary N) is 1. The SMILES string of the molecule is COCONC(=O)CCN1C(=O)c2ccccc2C1=O. The molecule has 0 radical (unpaired) electrons. The van der Waals surface area contributed by atoms with Crippen molar-refractivity contribution in [2.24, 2.45) is 0 Å². The number of rotatable bonds is 6. The molecule has 7 nitrogen and oxygen atoms in total. The van der Waals surface area contributed by atoms with Crippen molar-refractivity contribution in [1.82, 2.24) is 10.4 Å². The predicted octanol–water partition coefficient (Wildman–Crippen LogP) is 0.324. The molecule has 1 aliphatic rings. The molecule has 1 aliphatic heterocycles. The van der Waals surface area contributed by atoms with E-state index in [4.69, 9.17) is 0 Å². The molecule has 1 aromatic rings. The van der Waals surface area contributed by atoms with Crippen LogP contribution in [0.5, 0.6) is 0 Å². The van der Waals surface area contributed by atoms with Crippen molar-refractivity contribution >= 4 is 17.7 Å². The third-order valence-electron chi connectivity index (χ3n) is 2.80. The number of amides is 3. The minimum Gasteiger partial charge on any atom is -0.356 e. The highest BCUT2D eigenvalue weighted by Crippen LogP contribution is 2.22. The molecule has 0 saturated carbocycles. The van der Waals surface area contributed by atoms with E-state index in [-0.39, 0.29) is 31.6 Å². The van der Waals surface area contributed by atoms with E-state index < -0.39 is 5.91 Å². The highest BCUT2D eigenvalue weighted by atomic mass is 16.8. The van der Waals surface area contributed by atoms with Crippen molar-refractivity contribution in [3.8, 4) is 0 Å². The van der Waals surface area contributed by atoms with Crippen molar-refractivity contribution in [3.63, 3.8) is 0 Å². The third kappa shape index (κ3) is 2.84. The van der Waals surface area contributed by atoms with E-state index in [1.54, 1.807) is 24.3 Å². The quantitative estimate of drug-likeness (QED) is 0.351. The first kappa shape index (κ1) is 14.2. The maximum absolute atomic E-state index is 12.0. The lowest BCUT2D eigenvalue weighted by Crippen LogP contribution is -2.34. The van der Waals surface area contributed by atoms with Gasteiger partial charge in [-0.15, -0.1) is 0 Å². The Balaban J connectivity index is 1.91. The zero-order chi connectivity index (χ0) is 14.5. The number of hydroxylamine groups is 1. The number of carbonyl (C=O) groups excluding carboxylic acids is 3. The summed E-state index contributed by atoms with van der Waals surface area (Å²) in [7, 11) is 1.42. The number of fused-ring (bicyclic) bond motifs is 1. The summed E-state index contributed by atoms with van der Waals surface area (Å²) in [5.41, 5.74) is 2.88. The molecule has 0 fully saturated rings. The van der Waals surface area contributed by atoms with Crippen LogP contribution in [-0.4, -0.2) is 43.1 Å². The summed E-state index contributed by atoms with van der Waals surface area (Å²) >= 11 is 0. The molecule has 0 atom stereocenters. The van der Waals surface area contributed by atoms with Gasteiger partial charge in [-0.2, -0.15) is 0 Å². The molecule has 0 aromatic heterocycles. The van der Waals surface area contributed by atoms with Gasteiger partial charge < -0.3 is 4.74 Å². The second-order valence-electron chi connectivity index (χ2n) is 4.13. The van der Waals surface area contributed by atoms with Crippen LogP contribution < -0.4 is 5.48 Å². The van der Waals surface area contributed by atoms with Crippen LogP contribution >= 0.6 is 0 Å². The number of hydrogen-bond acceptors (Lipinski definition) is 5. The lowest BCUT2D eigenvalue weighted by atomic mass is 10.1. The molecule has 1 heterocycles. The van der Waals surface area contributed by atoms with Crippen LogP contribution in [0.4, 0.5) is 0 Å². The number of ether oxygens (including phenoxy) is 1. The molecule has 0 bridgehead atoms. The Kier molecular flexibility index (Phi) is 4.44. The highest BCUT2D eigenvalue weighted by Gasteiger charge is 2.34. The van der Waals surface area contributed by atoms with Crippen molar-refractivity contribution in [3.05, 3.63) is 35.4 Å². The molecule has 7 heteroatoms. The zero-order valence-corrected chi connectivity index (χ0v) is 10.9. The lowest BCUT2D eigenvalue weighted by molar-refractivity contribution is -0.144. The van der Waals surface area contributed by atoms with Gasteiger partial charge in [0.1, 0.15) is 0 Å². The molecule has 3 amide bonds. The predicted molar refractivity (Wildman–Crippen MR) is 67.5 cm³/mol. The molecule has 1 N–H and O–H groups in total. The first-order chi connectivity index (χ1) is 9.65. The molecule has 20 heavy (non-hydrogen) atoms. The summed E-state index contributed by atoms with van der Waals surface area (Å²) in [6.45, 7) is -0.0622. The maximum atomic E-state index is 12.0. The summed E-state index contributed by atoms with van der Waals surface area (Å²) in [4.78, 5) is 41.1. The van der Waals surface area contributed by atoms with E-state index in [0.29, 0.717) is 11.1 Å². The van der Waals surface area contributed by atoms with Crippen molar-refractivity contribution in [1.29, 1.82) is 0 Å². The molecule has 0 spiro atoms. The monoisotopic (exact) mass is 278 g/mol. The van der Waals surface area contributed by atoms with Gasteiger partial charge in [0.25, 0.3) is 11.8 Å². The Hall–Kier alpha value is -2.25. The highest BCUT2D eigenvalue weighted by molar-refractivity contribution is 6.21. The van der Waals surface area contributed by atoms with Gasteiger partial charge >= 0.3 is 0 Å². The Morgan fingerprint density at radius 1 is 1.20 bits per heavy atom. The van der Waals surface area contributed by atoms with Crippen LogP contribution in [0.3, 0.4) is 0 Å². The third-order valence-corrected chi connectivity index (χ3v) is 2.80. The van der Waals surface area contributed by atoms with Gasteiger partial charge in [-0.25, -0.2) is 10.3 Å². The summed E-state index contributed by atoms with van der Waals surface area (Å²) < 4.78 is 4.59. The van der Waals surface area contributed by atoms with Gasteiger partial charge in [-0.3, -0.25) is 19.3 Å². The summed E-state index contributed by atoms with van der Waals surface area (Å²) in [6.07, 6.45) is -0.0326. The number of imide groups is 1. The van der Waals surface area contributed by atoms with Crippen LogP contribution in [0, 0.1) is 0 Å². The normalized spacial score (nSPS) is 13.6. The van der Waals surface area contributed by atoms with Gasteiger partial charge in [-0.05, 0) is 12.1 Å². The standard InChI is InChI=1S/C13H14N2O5/c1-19-8-20-14-11(16)6-7-15-12(17)9-4-2-3-5-10(9)13(15)18/h2-5H,6-8H2,1H3,(H,14,16). The minimum absolute atomic E-state index is 0.00845. The summed E-state index contributed by atoms with van der Waals surface area (Å²) in [5, 5.41) is 0. The molecular weight excluding hydrogens is 264 g/mol. The van der Waals surface area contributed by atoms with Crippen molar-refractivity contribution in [2.45, 2.75) is 6.42 Å². The second kappa shape index (κ2) is 6.27. The number of nitrogens with zero attached hydrogens (tertiary/aromatic N) is 1. The van der Waals surface area contributed by atoms with E-state index in [9.17, 15) is 14.4 Å². The van der Waals surface area contributed by atoms with Crippen LogP contribution in [0.25, 0.3) is 0 Å². The molecule has 0 saturated heterocycles. The van der Waals surface area contributed by atoms with Gasteiger partial charge in [0.05, 0.1) is 11.1 Å². The minimum atomic E-state index is -0.432. The molecule has 0 aliphatic carbocycles. The Morgan fingerprint density at radius 2 is 1.80 bits per heavy atom. The van der Waals surface area contributed by atoms with Crippen molar-refractivity contribution < 1.29 is 24.0 Å². The molecular formula is C13H14N2O5. The van der Waals surface area contributed by atoms with Crippen LogP contribution in [0.1, 0.15) is 27.1 Å². The smallest absolute Gasteiger partial charge is 0.261 e. The zero-order valence-electron chi connectivity index (χ0n) is 10.9. The van der Waals surface area contributed by atoms with Crippen LogP contribution in [0.15, 0.2) is 24.3 Å². The van der Waals surface area contributed by atoms with E-state index in [2.05, 4.69) is 15.1 Å². The fourth-order valence-corrected chi connectivity index (χ4v) is 1.88. The Bertz CT molecular complexity index is 508. The fourth-order valence-electron chi connectivity index (χ4n) is 1.88. The van der Waals surface area contributed by atoms with E-state index in [1.807, 2.05) is 0 Å². The van der Waals surface area contributed by atoms with E-state index in [1.165, 1.54) is 7.11 Å². The summed E-state index contributed by atoms with van der Waals surface area (Å²) in [6, 6.07) is 6.58. The number of carbonyl (C=O) groups is 3. The Labute approximate surface area is 115 Å². The number of benzene rings is 1. The van der Waals surface area contributed by atoms with Crippen LogP contribution in [0.2, 0.25) is 0 Å². The number of methoxy groups -OCH3 is 1. The number of hydrogen-bond donors (Lipinski definition) is 1. The van der Waals surface area contributed by atoms with Crippen molar-refractivity contribution in [2.75, 3.05) is 20.4 Å². The maximum Gasteiger partial charge on any atom is 0.261 e. The largest absolute Gasteiger partial charge is 0.356 e. The summed E-state index contributed by atoms with van der Waals surface area (Å²) in [5.74, 6) is -1.19.